The van der Waals surface area contributed by atoms with Gasteiger partial charge in [0.15, 0.2) is 0 Å². The van der Waals surface area contributed by atoms with Gasteiger partial charge in [-0.25, -0.2) is 0 Å². The molecule has 0 aliphatic carbocycles. The zero-order chi connectivity index (χ0) is 8.81. The number of hydrogen-bond donors (Lipinski definition) is 1. The molecular weight excluding hydrogens is 170 g/mol. The van der Waals surface area contributed by atoms with E-state index in [0.29, 0.717) is 6.42 Å². The largest absolute Gasteiger partial charge is 0.392 e. The number of thiophene rings is 1. The molecule has 12 heavy (non-hydrogen) atoms. The molecule has 0 bridgehead atoms. The molecule has 0 saturated carbocycles. The minimum Gasteiger partial charge on any atom is -0.392 e. The second-order valence-corrected chi connectivity index (χ2v) is 3.47. The van der Waals surface area contributed by atoms with Crippen molar-refractivity contribution < 1.29 is 5.11 Å². The van der Waals surface area contributed by atoms with Crippen LogP contribution in [0.1, 0.15) is 18.4 Å². The molecule has 64 valence electrons. The fraction of sp³-hybridized carbons (Fsp3) is 0.444. The Morgan fingerprint density at radius 3 is 3.08 bits per heavy atom. The van der Waals surface area contributed by atoms with Crippen molar-refractivity contribution in [1.29, 1.82) is 5.26 Å². The number of aliphatic hydroxyl groups excluding tert-OH is 1. The van der Waals surface area contributed by atoms with Crippen LogP contribution in [0.15, 0.2) is 16.8 Å². The summed E-state index contributed by atoms with van der Waals surface area (Å²) in [7, 11) is 0. The molecule has 1 rings (SSSR count). The van der Waals surface area contributed by atoms with E-state index in [0.717, 1.165) is 6.42 Å². The van der Waals surface area contributed by atoms with Gasteiger partial charge >= 0.3 is 0 Å². The van der Waals surface area contributed by atoms with Crippen LogP contribution < -0.4 is 0 Å². The molecule has 0 radical (unpaired) electrons. The first-order valence-corrected chi connectivity index (χ1v) is 4.83. The minimum atomic E-state index is -0.463. The van der Waals surface area contributed by atoms with Crippen LogP contribution >= 0.6 is 11.3 Å². The number of aliphatic hydroxyl groups is 1. The molecule has 1 N–H and O–H groups in total. The van der Waals surface area contributed by atoms with E-state index in [1.165, 1.54) is 5.56 Å². The highest BCUT2D eigenvalue weighted by molar-refractivity contribution is 7.07. The van der Waals surface area contributed by atoms with Crippen molar-refractivity contribution in [3.8, 4) is 6.07 Å². The lowest BCUT2D eigenvalue weighted by Crippen LogP contribution is -2.05. The van der Waals surface area contributed by atoms with Crippen molar-refractivity contribution in [3.63, 3.8) is 0 Å². The standard InChI is InChI=1S/C9H11NOS/c10-5-3-9(11)2-1-8-4-6-12-7-8/h4,6-7,9,11H,1-3H2. The molecule has 1 aromatic heterocycles. The van der Waals surface area contributed by atoms with E-state index in [4.69, 9.17) is 5.26 Å². The molecule has 0 fully saturated rings. The summed E-state index contributed by atoms with van der Waals surface area (Å²) in [6.07, 6.45) is 1.33. The maximum absolute atomic E-state index is 9.23. The summed E-state index contributed by atoms with van der Waals surface area (Å²) in [5.74, 6) is 0. The average molecular weight is 181 g/mol. The molecule has 0 spiro atoms. The van der Waals surface area contributed by atoms with Gasteiger partial charge in [-0.15, -0.1) is 0 Å². The molecule has 3 heteroatoms. The zero-order valence-electron chi connectivity index (χ0n) is 6.73. The summed E-state index contributed by atoms with van der Waals surface area (Å²) in [5, 5.41) is 21.6. The first kappa shape index (κ1) is 9.24. The summed E-state index contributed by atoms with van der Waals surface area (Å²) in [6.45, 7) is 0. The SMILES string of the molecule is N#CCC(O)CCc1ccsc1. The summed E-state index contributed by atoms with van der Waals surface area (Å²) in [6, 6.07) is 4.00. The highest BCUT2D eigenvalue weighted by Gasteiger charge is 2.03. The average Bonchev–Trinajstić information content (AvgIpc) is 2.53. The van der Waals surface area contributed by atoms with E-state index in [1.807, 2.05) is 17.5 Å². The second-order valence-electron chi connectivity index (χ2n) is 2.69. The highest BCUT2D eigenvalue weighted by Crippen LogP contribution is 2.10. The Labute approximate surface area is 76.1 Å². The number of aryl methyl sites for hydroxylation is 1. The molecule has 0 aromatic carbocycles. The normalized spacial score (nSPS) is 12.3. The molecule has 1 aromatic rings. The van der Waals surface area contributed by atoms with Gasteiger partial charge in [-0.3, -0.25) is 0 Å². The first-order chi connectivity index (χ1) is 5.83. The number of rotatable bonds is 4. The van der Waals surface area contributed by atoms with Crippen LogP contribution in [0.2, 0.25) is 0 Å². The lowest BCUT2D eigenvalue weighted by Gasteiger charge is -2.03. The molecule has 0 saturated heterocycles. The predicted octanol–water partition coefficient (Wildman–Crippen LogP) is 1.96. The summed E-state index contributed by atoms with van der Waals surface area (Å²) in [4.78, 5) is 0. The van der Waals surface area contributed by atoms with Crippen molar-refractivity contribution >= 4 is 11.3 Å². The van der Waals surface area contributed by atoms with Gasteiger partial charge in [0.05, 0.1) is 18.6 Å². The Balaban J connectivity index is 2.23. The molecule has 0 amide bonds. The van der Waals surface area contributed by atoms with Crippen molar-refractivity contribution in [2.75, 3.05) is 0 Å². The monoisotopic (exact) mass is 181 g/mol. The summed E-state index contributed by atoms with van der Waals surface area (Å²) >= 11 is 1.66. The lowest BCUT2D eigenvalue weighted by atomic mass is 10.1. The molecule has 1 atom stereocenters. The summed E-state index contributed by atoms with van der Waals surface area (Å²) in [5.41, 5.74) is 1.25. The Bertz CT molecular complexity index is 250. The highest BCUT2D eigenvalue weighted by atomic mass is 32.1. The van der Waals surface area contributed by atoms with E-state index in [2.05, 4.69) is 5.38 Å². The van der Waals surface area contributed by atoms with Crippen LogP contribution in [0.4, 0.5) is 0 Å². The van der Waals surface area contributed by atoms with Crippen molar-refractivity contribution in [2.45, 2.75) is 25.4 Å². The van der Waals surface area contributed by atoms with E-state index in [9.17, 15) is 5.11 Å². The minimum absolute atomic E-state index is 0.240. The third-order valence-corrected chi connectivity index (χ3v) is 2.41. The Morgan fingerprint density at radius 1 is 1.67 bits per heavy atom. The second kappa shape index (κ2) is 4.91. The molecule has 1 heterocycles. The fourth-order valence-electron chi connectivity index (χ4n) is 0.976. The van der Waals surface area contributed by atoms with Crippen LogP contribution in [-0.2, 0) is 6.42 Å². The molecule has 0 aliphatic rings. The van der Waals surface area contributed by atoms with Crippen LogP contribution in [0, 0.1) is 11.3 Å². The van der Waals surface area contributed by atoms with E-state index < -0.39 is 6.10 Å². The third kappa shape index (κ3) is 3.04. The van der Waals surface area contributed by atoms with Gasteiger partial charge in [0.25, 0.3) is 0 Å². The summed E-state index contributed by atoms with van der Waals surface area (Å²) < 4.78 is 0. The fourth-order valence-corrected chi connectivity index (χ4v) is 1.68. The van der Waals surface area contributed by atoms with Gasteiger partial charge in [-0.1, -0.05) is 0 Å². The van der Waals surface area contributed by atoms with Crippen molar-refractivity contribution in [3.05, 3.63) is 22.4 Å². The van der Waals surface area contributed by atoms with Gasteiger partial charge in [-0.05, 0) is 35.2 Å². The number of nitrogens with zero attached hydrogens (tertiary/aromatic N) is 1. The van der Waals surface area contributed by atoms with Crippen LogP contribution in [0.25, 0.3) is 0 Å². The Hall–Kier alpha value is -0.850. The molecule has 2 nitrogen and oxygen atoms in total. The van der Waals surface area contributed by atoms with Gasteiger partial charge in [0, 0.05) is 0 Å². The smallest absolute Gasteiger partial charge is 0.0673 e. The maximum atomic E-state index is 9.23. The number of nitriles is 1. The maximum Gasteiger partial charge on any atom is 0.0673 e. The van der Waals surface area contributed by atoms with Crippen LogP contribution in [0.3, 0.4) is 0 Å². The van der Waals surface area contributed by atoms with E-state index >= 15 is 0 Å². The molecule has 1 unspecified atom stereocenters. The topological polar surface area (TPSA) is 44.0 Å². The molecule has 0 aliphatic heterocycles. The van der Waals surface area contributed by atoms with Crippen LogP contribution in [-0.4, -0.2) is 11.2 Å². The molecular formula is C9H11NOS. The van der Waals surface area contributed by atoms with Gasteiger partial charge in [-0.2, -0.15) is 16.6 Å². The van der Waals surface area contributed by atoms with Gasteiger partial charge in [0.2, 0.25) is 0 Å². The van der Waals surface area contributed by atoms with Gasteiger partial charge in [0.1, 0.15) is 0 Å². The van der Waals surface area contributed by atoms with Crippen LogP contribution in [0.5, 0.6) is 0 Å². The first-order valence-electron chi connectivity index (χ1n) is 3.89. The predicted molar refractivity (Wildman–Crippen MR) is 48.9 cm³/mol. The van der Waals surface area contributed by atoms with E-state index in [-0.39, 0.29) is 6.42 Å². The van der Waals surface area contributed by atoms with E-state index in [1.54, 1.807) is 11.3 Å². The van der Waals surface area contributed by atoms with Crippen molar-refractivity contribution in [2.24, 2.45) is 0 Å². The van der Waals surface area contributed by atoms with Gasteiger partial charge < -0.3 is 5.11 Å². The Morgan fingerprint density at radius 2 is 2.50 bits per heavy atom. The third-order valence-electron chi connectivity index (χ3n) is 1.67. The van der Waals surface area contributed by atoms with Crippen molar-refractivity contribution in [1.82, 2.24) is 0 Å². The Kier molecular flexibility index (Phi) is 3.78. The number of hydrogen-bond acceptors (Lipinski definition) is 3. The lowest BCUT2D eigenvalue weighted by molar-refractivity contribution is 0.170. The zero-order valence-corrected chi connectivity index (χ0v) is 7.55. The quantitative estimate of drug-likeness (QED) is 0.771.